The molecule has 3 rings (SSSR count). The van der Waals surface area contributed by atoms with Gasteiger partial charge in [-0.25, -0.2) is 4.39 Å². The van der Waals surface area contributed by atoms with Crippen LogP contribution in [0.15, 0.2) is 24.3 Å². The fraction of sp³-hybridized carbons (Fsp3) is 0.357. The Morgan fingerprint density at radius 1 is 1.22 bits per heavy atom. The maximum atomic E-state index is 13.0. The van der Waals surface area contributed by atoms with E-state index in [-0.39, 0.29) is 5.82 Å². The number of hydrogen-bond donors (Lipinski definition) is 1. The van der Waals surface area contributed by atoms with E-state index in [1.54, 1.807) is 12.1 Å². The van der Waals surface area contributed by atoms with Crippen molar-refractivity contribution in [2.24, 2.45) is 7.05 Å². The van der Waals surface area contributed by atoms with E-state index >= 15 is 0 Å². The maximum Gasteiger partial charge on any atom is 0.127 e. The van der Waals surface area contributed by atoms with E-state index < -0.39 is 0 Å². The molecule has 1 aromatic heterocycles. The lowest BCUT2D eigenvalue weighted by Crippen LogP contribution is -2.04. The summed E-state index contributed by atoms with van der Waals surface area (Å²) in [4.78, 5) is 0. The van der Waals surface area contributed by atoms with Gasteiger partial charge in [0, 0.05) is 24.7 Å². The minimum atomic E-state index is -0.209. The first kappa shape index (κ1) is 11.3. The third-order valence-electron chi connectivity index (χ3n) is 3.41. The lowest BCUT2D eigenvalue weighted by Gasteiger charge is -2.03. The lowest BCUT2D eigenvalue weighted by molar-refractivity contribution is 0.628. The number of aryl methyl sites for hydroxylation is 1. The van der Waals surface area contributed by atoms with Crippen LogP contribution < -0.4 is 5.32 Å². The van der Waals surface area contributed by atoms with Crippen LogP contribution >= 0.6 is 0 Å². The first-order valence-corrected chi connectivity index (χ1v) is 6.31. The highest BCUT2D eigenvalue weighted by Gasteiger charge is 2.18. The van der Waals surface area contributed by atoms with Crippen molar-refractivity contribution < 1.29 is 4.39 Å². The van der Waals surface area contributed by atoms with Gasteiger partial charge in [0.25, 0.3) is 0 Å². The highest BCUT2D eigenvalue weighted by Crippen LogP contribution is 2.31. The molecule has 0 saturated heterocycles. The van der Waals surface area contributed by atoms with E-state index in [1.165, 1.54) is 30.5 Å². The molecule has 18 heavy (non-hydrogen) atoms. The second-order valence-corrected chi connectivity index (χ2v) is 4.69. The molecule has 0 saturated carbocycles. The molecule has 2 heterocycles. The predicted octanol–water partition coefficient (Wildman–Crippen LogP) is 2.97. The molecule has 0 spiro atoms. The number of rotatable bonds is 1. The number of benzene rings is 1. The zero-order valence-electron chi connectivity index (χ0n) is 10.4. The van der Waals surface area contributed by atoms with Crippen molar-refractivity contribution >= 4 is 5.82 Å². The first-order chi connectivity index (χ1) is 8.75. The predicted molar refractivity (Wildman–Crippen MR) is 70.0 cm³/mol. The average molecular weight is 245 g/mol. The van der Waals surface area contributed by atoms with Gasteiger partial charge in [-0.2, -0.15) is 5.10 Å². The quantitative estimate of drug-likeness (QED) is 0.837. The monoisotopic (exact) mass is 245 g/mol. The SMILES string of the molecule is Cn1nc(-c2ccc(F)cc2)c2c1NCCCC2. The smallest absolute Gasteiger partial charge is 0.127 e. The van der Waals surface area contributed by atoms with Crippen LogP contribution in [-0.2, 0) is 13.5 Å². The Labute approximate surface area is 106 Å². The van der Waals surface area contributed by atoms with Crippen LogP contribution in [0.4, 0.5) is 10.2 Å². The minimum absolute atomic E-state index is 0.209. The standard InChI is InChI=1S/C14H16FN3/c1-18-14-12(4-2-3-9-16-14)13(17-18)10-5-7-11(15)8-6-10/h5-8,16H,2-4,9H2,1H3. The number of anilines is 1. The molecule has 94 valence electrons. The van der Waals surface area contributed by atoms with Crippen molar-refractivity contribution in [3.05, 3.63) is 35.6 Å². The van der Waals surface area contributed by atoms with Gasteiger partial charge in [0.2, 0.25) is 0 Å². The first-order valence-electron chi connectivity index (χ1n) is 6.31. The van der Waals surface area contributed by atoms with Crippen LogP contribution in [0, 0.1) is 5.82 Å². The number of aromatic nitrogens is 2. The molecule has 0 atom stereocenters. The number of nitrogens with zero attached hydrogens (tertiary/aromatic N) is 2. The fourth-order valence-corrected chi connectivity index (χ4v) is 2.50. The second kappa shape index (κ2) is 4.44. The van der Waals surface area contributed by atoms with E-state index in [2.05, 4.69) is 10.4 Å². The summed E-state index contributed by atoms with van der Waals surface area (Å²) in [6, 6.07) is 6.56. The van der Waals surface area contributed by atoms with Gasteiger partial charge in [-0.15, -0.1) is 0 Å². The highest BCUT2D eigenvalue weighted by molar-refractivity contribution is 5.69. The number of nitrogens with one attached hydrogen (secondary N) is 1. The summed E-state index contributed by atoms with van der Waals surface area (Å²) in [6.07, 6.45) is 3.38. The highest BCUT2D eigenvalue weighted by atomic mass is 19.1. The summed E-state index contributed by atoms with van der Waals surface area (Å²) in [5, 5.41) is 7.99. The van der Waals surface area contributed by atoms with Crippen LogP contribution in [0.25, 0.3) is 11.3 Å². The van der Waals surface area contributed by atoms with Crippen LogP contribution in [0.3, 0.4) is 0 Å². The van der Waals surface area contributed by atoms with Crippen molar-refractivity contribution in [1.29, 1.82) is 0 Å². The van der Waals surface area contributed by atoms with E-state index in [4.69, 9.17) is 0 Å². The van der Waals surface area contributed by atoms with E-state index in [0.717, 1.165) is 30.0 Å². The summed E-state index contributed by atoms with van der Waals surface area (Å²) >= 11 is 0. The van der Waals surface area contributed by atoms with Crippen LogP contribution in [0.5, 0.6) is 0 Å². The van der Waals surface area contributed by atoms with Gasteiger partial charge >= 0.3 is 0 Å². The molecule has 1 aliphatic heterocycles. The maximum absolute atomic E-state index is 13.0. The Morgan fingerprint density at radius 2 is 2.00 bits per heavy atom. The normalized spacial score (nSPS) is 14.8. The number of halogens is 1. The molecule has 0 bridgehead atoms. The second-order valence-electron chi connectivity index (χ2n) is 4.69. The van der Waals surface area contributed by atoms with Crippen molar-refractivity contribution in [1.82, 2.24) is 9.78 Å². The summed E-state index contributed by atoms with van der Waals surface area (Å²) in [5.41, 5.74) is 3.21. The van der Waals surface area contributed by atoms with Gasteiger partial charge in [0.15, 0.2) is 0 Å². The summed E-state index contributed by atoms with van der Waals surface area (Å²) in [6.45, 7) is 0.995. The molecule has 1 aromatic carbocycles. The van der Waals surface area contributed by atoms with Gasteiger partial charge in [0.1, 0.15) is 11.6 Å². The molecule has 3 nitrogen and oxygen atoms in total. The molecule has 0 radical (unpaired) electrons. The number of fused-ring (bicyclic) bond motifs is 1. The largest absolute Gasteiger partial charge is 0.370 e. The Kier molecular flexibility index (Phi) is 2.78. The average Bonchev–Trinajstić information content (AvgIpc) is 2.56. The zero-order chi connectivity index (χ0) is 12.5. The Morgan fingerprint density at radius 3 is 2.78 bits per heavy atom. The molecule has 0 amide bonds. The third kappa shape index (κ3) is 1.88. The van der Waals surface area contributed by atoms with Gasteiger partial charge in [0.05, 0.1) is 5.69 Å². The molecule has 2 aromatic rings. The Bertz CT molecular complexity index is 557. The summed E-state index contributed by atoms with van der Waals surface area (Å²) in [5.74, 6) is 0.894. The van der Waals surface area contributed by atoms with E-state index in [9.17, 15) is 4.39 Å². The molecule has 0 unspecified atom stereocenters. The van der Waals surface area contributed by atoms with Gasteiger partial charge in [-0.3, -0.25) is 4.68 Å². The Hall–Kier alpha value is -1.84. The van der Waals surface area contributed by atoms with E-state index in [0.29, 0.717) is 0 Å². The van der Waals surface area contributed by atoms with Crippen LogP contribution in [0.2, 0.25) is 0 Å². The van der Waals surface area contributed by atoms with Crippen LogP contribution in [0.1, 0.15) is 18.4 Å². The van der Waals surface area contributed by atoms with Crippen molar-refractivity contribution in [2.45, 2.75) is 19.3 Å². The topological polar surface area (TPSA) is 29.9 Å². The van der Waals surface area contributed by atoms with Gasteiger partial charge < -0.3 is 5.32 Å². The summed E-state index contributed by atoms with van der Waals surface area (Å²) < 4.78 is 14.9. The minimum Gasteiger partial charge on any atom is -0.370 e. The van der Waals surface area contributed by atoms with Crippen molar-refractivity contribution in [3.8, 4) is 11.3 Å². The summed E-state index contributed by atoms with van der Waals surface area (Å²) in [7, 11) is 1.95. The fourth-order valence-electron chi connectivity index (χ4n) is 2.50. The van der Waals surface area contributed by atoms with Gasteiger partial charge in [-0.1, -0.05) is 0 Å². The molecular weight excluding hydrogens is 229 g/mol. The molecule has 4 heteroatoms. The molecule has 1 aliphatic rings. The van der Waals surface area contributed by atoms with Crippen molar-refractivity contribution in [2.75, 3.05) is 11.9 Å². The zero-order valence-corrected chi connectivity index (χ0v) is 10.4. The lowest BCUT2D eigenvalue weighted by atomic mass is 10.0. The van der Waals surface area contributed by atoms with E-state index in [1.807, 2.05) is 11.7 Å². The third-order valence-corrected chi connectivity index (χ3v) is 3.41. The molecule has 0 aliphatic carbocycles. The van der Waals surface area contributed by atoms with Gasteiger partial charge in [-0.05, 0) is 43.5 Å². The molecular formula is C14H16FN3. The van der Waals surface area contributed by atoms with Crippen LogP contribution in [-0.4, -0.2) is 16.3 Å². The molecule has 1 N–H and O–H groups in total. The number of hydrogen-bond acceptors (Lipinski definition) is 2. The van der Waals surface area contributed by atoms with Crippen molar-refractivity contribution in [3.63, 3.8) is 0 Å². The Balaban J connectivity index is 2.09. The molecule has 0 fully saturated rings.